The number of piperidine rings is 1. The molecule has 0 aliphatic carbocycles. The first kappa shape index (κ1) is 19.1. The maximum atomic E-state index is 5.92. The minimum absolute atomic E-state index is 0. The summed E-state index contributed by atoms with van der Waals surface area (Å²) in [5, 5.41) is 3.17. The van der Waals surface area contributed by atoms with Crippen LogP contribution in [0.5, 0.6) is 0 Å². The van der Waals surface area contributed by atoms with Crippen LogP contribution in [0.4, 0.5) is 5.69 Å². The molecule has 4 nitrogen and oxygen atoms in total. The molecule has 22 heavy (non-hydrogen) atoms. The standard InChI is InChI=1S/C17H28N4.HI/c1-14(2)12-19-17(18)20-13-15-8-4-5-9-16(15)21-10-6-3-7-11-21;/h4-5,8-9,14H,3,6-7,10-13H2,1-2H3,(H3,18,19,20);1H. The van der Waals surface area contributed by atoms with E-state index in [0.717, 1.165) is 19.6 Å². The van der Waals surface area contributed by atoms with Gasteiger partial charge in [-0.05, 0) is 36.8 Å². The average molecular weight is 416 g/mol. The molecule has 0 amide bonds. The van der Waals surface area contributed by atoms with Crippen LogP contribution in [0.15, 0.2) is 29.3 Å². The first-order valence-electron chi connectivity index (χ1n) is 8.03. The quantitative estimate of drug-likeness (QED) is 0.440. The topological polar surface area (TPSA) is 53.6 Å². The minimum atomic E-state index is 0. The van der Waals surface area contributed by atoms with Gasteiger partial charge in [-0.2, -0.15) is 0 Å². The van der Waals surface area contributed by atoms with Gasteiger partial charge in [0.2, 0.25) is 0 Å². The van der Waals surface area contributed by atoms with Crippen LogP contribution < -0.4 is 16.0 Å². The van der Waals surface area contributed by atoms with Crippen molar-refractivity contribution in [1.29, 1.82) is 0 Å². The van der Waals surface area contributed by atoms with Crippen molar-refractivity contribution in [3.8, 4) is 0 Å². The van der Waals surface area contributed by atoms with E-state index in [2.05, 4.69) is 53.3 Å². The Labute approximate surface area is 151 Å². The van der Waals surface area contributed by atoms with E-state index in [1.807, 2.05) is 0 Å². The first-order valence-corrected chi connectivity index (χ1v) is 8.03. The van der Waals surface area contributed by atoms with Gasteiger partial charge in [0.05, 0.1) is 6.54 Å². The fourth-order valence-electron chi connectivity index (χ4n) is 2.62. The van der Waals surface area contributed by atoms with Crippen molar-refractivity contribution in [2.75, 3.05) is 24.5 Å². The second-order valence-corrected chi connectivity index (χ2v) is 6.15. The average Bonchev–Trinajstić information content (AvgIpc) is 2.52. The van der Waals surface area contributed by atoms with Gasteiger partial charge in [-0.1, -0.05) is 32.0 Å². The van der Waals surface area contributed by atoms with Crippen LogP contribution in [0.25, 0.3) is 0 Å². The van der Waals surface area contributed by atoms with E-state index in [1.54, 1.807) is 0 Å². The fourth-order valence-corrected chi connectivity index (χ4v) is 2.62. The van der Waals surface area contributed by atoms with E-state index >= 15 is 0 Å². The Bertz CT molecular complexity index is 467. The summed E-state index contributed by atoms with van der Waals surface area (Å²) < 4.78 is 0. The third kappa shape index (κ3) is 6.02. The molecule has 0 aromatic heterocycles. The van der Waals surface area contributed by atoms with Gasteiger partial charge in [-0.15, -0.1) is 24.0 Å². The van der Waals surface area contributed by atoms with E-state index in [0.29, 0.717) is 18.4 Å². The number of benzene rings is 1. The van der Waals surface area contributed by atoms with Gasteiger partial charge in [0, 0.05) is 25.3 Å². The molecule has 1 aliphatic heterocycles. The summed E-state index contributed by atoms with van der Waals surface area (Å²) in [6.45, 7) is 8.13. The number of nitrogens with two attached hydrogens (primary N) is 1. The van der Waals surface area contributed by atoms with E-state index in [4.69, 9.17) is 5.73 Å². The van der Waals surface area contributed by atoms with E-state index in [-0.39, 0.29) is 24.0 Å². The molecule has 1 aliphatic rings. The maximum absolute atomic E-state index is 5.92. The van der Waals surface area contributed by atoms with Gasteiger partial charge in [0.25, 0.3) is 0 Å². The highest BCUT2D eigenvalue weighted by atomic mass is 127. The Morgan fingerprint density at radius 2 is 1.91 bits per heavy atom. The molecule has 3 N–H and O–H groups in total. The summed E-state index contributed by atoms with van der Waals surface area (Å²) in [6.07, 6.45) is 3.92. The van der Waals surface area contributed by atoms with Gasteiger partial charge in [-0.25, -0.2) is 4.99 Å². The molecule has 124 valence electrons. The Hall–Kier alpha value is -0.980. The zero-order chi connectivity index (χ0) is 15.1. The van der Waals surface area contributed by atoms with Crippen molar-refractivity contribution in [3.05, 3.63) is 29.8 Å². The zero-order valence-corrected chi connectivity index (χ0v) is 16.0. The maximum Gasteiger partial charge on any atom is 0.188 e. The van der Waals surface area contributed by atoms with Crippen LogP contribution in [0, 0.1) is 5.92 Å². The Balaban J connectivity index is 0.00000242. The number of rotatable bonds is 5. The van der Waals surface area contributed by atoms with Crippen LogP contribution in [0.3, 0.4) is 0 Å². The van der Waals surface area contributed by atoms with Crippen LogP contribution in [-0.4, -0.2) is 25.6 Å². The predicted molar refractivity (Wildman–Crippen MR) is 106 cm³/mol. The summed E-state index contributed by atoms with van der Waals surface area (Å²) in [4.78, 5) is 6.96. The molecule has 0 spiro atoms. The summed E-state index contributed by atoms with van der Waals surface area (Å²) in [5.41, 5.74) is 8.50. The molecular formula is C17H29IN4. The SMILES string of the molecule is CC(C)CNC(N)=NCc1ccccc1N1CCCCC1.I. The van der Waals surface area contributed by atoms with Crippen molar-refractivity contribution in [3.63, 3.8) is 0 Å². The number of nitrogens with one attached hydrogen (secondary N) is 1. The summed E-state index contributed by atoms with van der Waals surface area (Å²) in [6, 6.07) is 8.55. The lowest BCUT2D eigenvalue weighted by Crippen LogP contribution is -2.34. The van der Waals surface area contributed by atoms with Gasteiger partial charge in [0.15, 0.2) is 5.96 Å². The lowest BCUT2D eigenvalue weighted by Gasteiger charge is -2.30. The van der Waals surface area contributed by atoms with Crippen LogP contribution >= 0.6 is 24.0 Å². The van der Waals surface area contributed by atoms with E-state index in [9.17, 15) is 0 Å². The molecule has 0 atom stereocenters. The van der Waals surface area contributed by atoms with Crippen molar-refractivity contribution in [2.24, 2.45) is 16.6 Å². The highest BCUT2D eigenvalue weighted by Gasteiger charge is 2.13. The number of guanidine groups is 1. The number of hydrogen-bond acceptors (Lipinski definition) is 2. The largest absolute Gasteiger partial charge is 0.371 e. The van der Waals surface area contributed by atoms with Gasteiger partial charge in [-0.3, -0.25) is 0 Å². The molecule has 1 fully saturated rings. The van der Waals surface area contributed by atoms with Crippen molar-refractivity contribution >= 4 is 35.6 Å². The molecule has 1 aromatic rings. The number of anilines is 1. The lowest BCUT2D eigenvalue weighted by molar-refractivity contribution is 0.576. The van der Waals surface area contributed by atoms with Crippen LogP contribution in [-0.2, 0) is 6.54 Å². The van der Waals surface area contributed by atoms with Gasteiger partial charge in [0.1, 0.15) is 0 Å². The summed E-state index contributed by atoms with van der Waals surface area (Å²) in [7, 11) is 0. The highest BCUT2D eigenvalue weighted by Crippen LogP contribution is 2.24. The monoisotopic (exact) mass is 416 g/mol. The lowest BCUT2D eigenvalue weighted by atomic mass is 10.1. The first-order chi connectivity index (χ1) is 10.2. The fraction of sp³-hybridized carbons (Fsp3) is 0.588. The van der Waals surface area contributed by atoms with Crippen molar-refractivity contribution < 1.29 is 0 Å². The number of hydrogen-bond donors (Lipinski definition) is 2. The molecule has 0 radical (unpaired) electrons. The summed E-state index contributed by atoms with van der Waals surface area (Å²) in [5.74, 6) is 1.11. The molecule has 0 saturated carbocycles. The normalized spacial score (nSPS) is 15.6. The van der Waals surface area contributed by atoms with E-state index < -0.39 is 0 Å². The summed E-state index contributed by atoms with van der Waals surface area (Å²) >= 11 is 0. The van der Waals surface area contributed by atoms with Crippen LogP contribution in [0.1, 0.15) is 38.7 Å². The third-order valence-electron chi connectivity index (χ3n) is 3.80. The molecule has 1 saturated heterocycles. The zero-order valence-electron chi connectivity index (χ0n) is 13.7. The molecule has 1 heterocycles. The minimum Gasteiger partial charge on any atom is -0.371 e. The van der Waals surface area contributed by atoms with Crippen molar-refractivity contribution in [1.82, 2.24) is 5.32 Å². The molecule has 2 rings (SSSR count). The van der Waals surface area contributed by atoms with Gasteiger partial charge < -0.3 is 16.0 Å². The molecule has 5 heteroatoms. The molecule has 0 bridgehead atoms. The predicted octanol–water partition coefficient (Wildman–Crippen LogP) is 3.36. The second kappa shape index (κ2) is 9.92. The van der Waals surface area contributed by atoms with Crippen LogP contribution in [0.2, 0.25) is 0 Å². The number of para-hydroxylation sites is 1. The Kier molecular flexibility index (Phi) is 8.60. The molecule has 0 unspecified atom stereocenters. The highest BCUT2D eigenvalue weighted by molar-refractivity contribution is 14.0. The number of aliphatic imine (C=N–C) groups is 1. The molecule has 1 aromatic carbocycles. The number of nitrogens with zero attached hydrogens (tertiary/aromatic N) is 2. The van der Waals surface area contributed by atoms with E-state index in [1.165, 1.54) is 30.5 Å². The Morgan fingerprint density at radius 1 is 1.23 bits per heavy atom. The smallest absolute Gasteiger partial charge is 0.188 e. The Morgan fingerprint density at radius 3 is 2.59 bits per heavy atom. The van der Waals surface area contributed by atoms with Gasteiger partial charge >= 0.3 is 0 Å². The second-order valence-electron chi connectivity index (χ2n) is 6.15. The third-order valence-corrected chi connectivity index (χ3v) is 3.80. The number of halogens is 1. The molecular weight excluding hydrogens is 387 g/mol. The van der Waals surface area contributed by atoms with Crippen molar-refractivity contribution in [2.45, 2.75) is 39.7 Å².